The number of nitrogens with two attached hydrogens (primary N) is 1. The number of nitrogens with zero attached hydrogens (tertiary/aromatic N) is 4. The summed E-state index contributed by atoms with van der Waals surface area (Å²) >= 11 is 0. The predicted octanol–water partition coefficient (Wildman–Crippen LogP) is 2.72. The number of aromatic nitrogens is 4. The molecule has 0 saturated carbocycles. The van der Waals surface area contributed by atoms with Crippen LogP contribution in [0.2, 0.25) is 0 Å². The number of halogens is 1. The lowest BCUT2D eigenvalue weighted by molar-refractivity contribution is 0.591. The SMILES string of the molecule is CC(C)c1c(N)nnn1Cc1cc(F)cc2cccnc12. The molecule has 0 saturated heterocycles. The molecule has 0 amide bonds. The molecule has 0 unspecified atom stereocenters. The van der Waals surface area contributed by atoms with Crippen molar-refractivity contribution in [1.82, 2.24) is 20.0 Å². The normalized spacial score (nSPS) is 11.4. The molecule has 21 heavy (non-hydrogen) atoms. The molecule has 0 atom stereocenters. The van der Waals surface area contributed by atoms with Crippen molar-refractivity contribution in [3.8, 4) is 0 Å². The summed E-state index contributed by atoms with van der Waals surface area (Å²) in [6, 6.07) is 6.59. The van der Waals surface area contributed by atoms with E-state index >= 15 is 0 Å². The second kappa shape index (κ2) is 5.12. The van der Waals surface area contributed by atoms with Gasteiger partial charge in [0, 0.05) is 17.1 Å². The highest BCUT2D eigenvalue weighted by Gasteiger charge is 2.15. The first-order valence-electron chi connectivity index (χ1n) is 6.78. The van der Waals surface area contributed by atoms with E-state index in [1.54, 1.807) is 16.9 Å². The third-order valence-electron chi connectivity index (χ3n) is 3.42. The van der Waals surface area contributed by atoms with Gasteiger partial charge < -0.3 is 5.73 Å². The standard InChI is InChI=1S/C15H16FN5/c1-9(2)14-15(17)19-20-21(14)8-11-7-12(16)6-10-4-3-5-18-13(10)11/h3-7,9H,8,17H2,1-2H3. The molecular weight excluding hydrogens is 269 g/mol. The number of hydrogen-bond donors (Lipinski definition) is 1. The molecule has 6 heteroatoms. The van der Waals surface area contributed by atoms with Crippen molar-refractivity contribution in [2.45, 2.75) is 26.3 Å². The number of rotatable bonds is 3. The van der Waals surface area contributed by atoms with Crippen molar-refractivity contribution in [2.75, 3.05) is 5.73 Å². The monoisotopic (exact) mass is 285 g/mol. The van der Waals surface area contributed by atoms with Gasteiger partial charge in [0.05, 0.1) is 17.8 Å². The van der Waals surface area contributed by atoms with Gasteiger partial charge in [0.1, 0.15) is 5.82 Å². The fourth-order valence-electron chi connectivity index (χ4n) is 2.55. The van der Waals surface area contributed by atoms with Crippen LogP contribution < -0.4 is 5.73 Å². The van der Waals surface area contributed by atoms with Crippen LogP contribution in [0, 0.1) is 5.82 Å². The van der Waals surface area contributed by atoms with Gasteiger partial charge >= 0.3 is 0 Å². The van der Waals surface area contributed by atoms with Gasteiger partial charge in [-0.05, 0) is 24.1 Å². The van der Waals surface area contributed by atoms with E-state index < -0.39 is 0 Å². The molecule has 3 aromatic rings. The maximum atomic E-state index is 13.8. The summed E-state index contributed by atoms with van der Waals surface area (Å²) in [4.78, 5) is 4.34. The fraction of sp³-hybridized carbons (Fsp3) is 0.267. The Kier molecular flexibility index (Phi) is 3.29. The first-order valence-corrected chi connectivity index (χ1v) is 6.78. The van der Waals surface area contributed by atoms with E-state index in [0.717, 1.165) is 22.2 Å². The van der Waals surface area contributed by atoms with Crippen LogP contribution in [0.4, 0.5) is 10.2 Å². The summed E-state index contributed by atoms with van der Waals surface area (Å²) in [5.41, 5.74) is 8.23. The van der Waals surface area contributed by atoms with Crippen LogP contribution in [-0.2, 0) is 6.54 Å². The van der Waals surface area contributed by atoms with Gasteiger partial charge in [-0.3, -0.25) is 4.98 Å². The van der Waals surface area contributed by atoms with Crippen molar-refractivity contribution >= 4 is 16.7 Å². The van der Waals surface area contributed by atoms with Crippen LogP contribution in [0.3, 0.4) is 0 Å². The molecule has 108 valence electrons. The number of benzene rings is 1. The van der Waals surface area contributed by atoms with Crippen molar-refractivity contribution < 1.29 is 4.39 Å². The molecule has 5 nitrogen and oxygen atoms in total. The van der Waals surface area contributed by atoms with Gasteiger partial charge in [-0.15, -0.1) is 5.10 Å². The Morgan fingerprint density at radius 1 is 1.33 bits per heavy atom. The zero-order valence-corrected chi connectivity index (χ0v) is 11.9. The van der Waals surface area contributed by atoms with E-state index in [-0.39, 0.29) is 11.7 Å². The molecule has 1 aromatic carbocycles. The smallest absolute Gasteiger partial charge is 0.169 e. The Morgan fingerprint density at radius 2 is 2.14 bits per heavy atom. The van der Waals surface area contributed by atoms with Crippen molar-refractivity contribution in [1.29, 1.82) is 0 Å². The van der Waals surface area contributed by atoms with Crippen molar-refractivity contribution in [3.63, 3.8) is 0 Å². The highest BCUT2D eigenvalue weighted by Crippen LogP contribution is 2.23. The summed E-state index contributed by atoms with van der Waals surface area (Å²) in [6.45, 7) is 4.43. The van der Waals surface area contributed by atoms with E-state index in [4.69, 9.17) is 5.73 Å². The minimum Gasteiger partial charge on any atom is -0.381 e. The highest BCUT2D eigenvalue weighted by atomic mass is 19.1. The van der Waals surface area contributed by atoms with Crippen molar-refractivity contribution in [2.24, 2.45) is 0 Å². The molecule has 2 heterocycles. The Morgan fingerprint density at radius 3 is 2.90 bits per heavy atom. The lowest BCUT2D eigenvalue weighted by Crippen LogP contribution is -2.09. The third kappa shape index (κ3) is 2.44. The number of hydrogen-bond acceptors (Lipinski definition) is 4. The molecule has 0 spiro atoms. The summed E-state index contributed by atoms with van der Waals surface area (Å²) in [5.74, 6) is 0.316. The van der Waals surface area contributed by atoms with Gasteiger partial charge in [-0.2, -0.15) is 0 Å². The van der Waals surface area contributed by atoms with Crippen LogP contribution in [0.25, 0.3) is 10.9 Å². The van der Waals surface area contributed by atoms with Gasteiger partial charge in [-0.1, -0.05) is 25.1 Å². The van der Waals surface area contributed by atoms with Crippen LogP contribution in [-0.4, -0.2) is 20.0 Å². The minimum absolute atomic E-state index is 0.188. The van der Waals surface area contributed by atoms with Crippen LogP contribution in [0.1, 0.15) is 31.0 Å². The second-order valence-corrected chi connectivity index (χ2v) is 5.31. The molecule has 0 aliphatic heterocycles. The van der Waals surface area contributed by atoms with Crippen molar-refractivity contribution in [3.05, 3.63) is 47.5 Å². The topological polar surface area (TPSA) is 69.6 Å². The first-order chi connectivity index (χ1) is 10.1. The average molecular weight is 285 g/mol. The van der Waals surface area contributed by atoms with E-state index in [1.165, 1.54) is 12.1 Å². The molecule has 2 aromatic heterocycles. The summed E-state index contributed by atoms with van der Waals surface area (Å²) in [7, 11) is 0. The van der Waals surface area contributed by atoms with Gasteiger partial charge in [0.2, 0.25) is 0 Å². The number of nitrogen functional groups attached to an aromatic ring is 1. The Hall–Kier alpha value is -2.50. The Balaban J connectivity index is 2.10. The van der Waals surface area contributed by atoms with E-state index in [9.17, 15) is 4.39 Å². The summed E-state index contributed by atoms with van der Waals surface area (Å²) < 4.78 is 15.5. The quantitative estimate of drug-likeness (QED) is 0.803. The maximum Gasteiger partial charge on any atom is 0.169 e. The fourth-order valence-corrected chi connectivity index (χ4v) is 2.55. The lowest BCUT2D eigenvalue weighted by Gasteiger charge is -2.11. The minimum atomic E-state index is -0.287. The molecular formula is C15H16FN5. The summed E-state index contributed by atoms with van der Waals surface area (Å²) in [6.07, 6.45) is 1.70. The van der Waals surface area contributed by atoms with Crippen LogP contribution in [0.15, 0.2) is 30.5 Å². The number of pyridine rings is 1. The van der Waals surface area contributed by atoms with Crippen LogP contribution in [0.5, 0.6) is 0 Å². The van der Waals surface area contributed by atoms with E-state index in [2.05, 4.69) is 15.3 Å². The van der Waals surface area contributed by atoms with Gasteiger partial charge in [0.15, 0.2) is 5.82 Å². The molecule has 0 fully saturated rings. The maximum absolute atomic E-state index is 13.8. The lowest BCUT2D eigenvalue weighted by atomic mass is 10.1. The second-order valence-electron chi connectivity index (χ2n) is 5.31. The Bertz CT molecular complexity index is 794. The molecule has 0 radical (unpaired) electrons. The van der Waals surface area contributed by atoms with E-state index in [0.29, 0.717) is 12.4 Å². The molecule has 0 aliphatic carbocycles. The average Bonchev–Trinajstić information content (AvgIpc) is 2.79. The molecule has 0 bridgehead atoms. The highest BCUT2D eigenvalue weighted by molar-refractivity contribution is 5.81. The Labute approximate surface area is 121 Å². The zero-order valence-electron chi connectivity index (χ0n) is 11.9. The van der Waals surface area contributed by atoms with E-state index in [1.807, 2.05) is 19.9 Å². The number of fused-ring (bicyclic) bond motifs is 1. The largest absolute Gasteiger partial charge is 0.381 e. The number of anilines is 1. The molecule has 0 aliphatic rings. The summed E-state index contributed by atoms with van der Waals surface area (Å²) in [5, 5.41) is 8.74. The van der Waals surface area contributed by atoms with Crippen LogP contribution >= 0.6 is 0 Å². The molecule has 3 rings (SSSR count). The third-order valence-corrected chi connectivity index (χ3v) is 3.42. The first kappa shape index (κ1) is 13.5. The zero-order chi connectivity index (χ0) is 15.0. The van der Waals surface area contributed by atoms with Gasteiger partial charge in [-0.25, -0.2) is 9.07 Å². The predicted molar refractivity (Wildman–Crippen MR) is 79.3 cm³/mol. The molecule has 2 N–H and O–H groups in total. The van der Waals surface area contributed by atoms with Gasteiger partial charge in [0.25, 0.3) is 0 Å².